The van der Waals surface area contributed by atoms with Crippen molar-refractivity contribution in [3.8, 4) is 0 Å². The summed E-state index contributed by atoms with van der Waals surface area (Å²) in [5, 5.41) is 7.40. The van der Waals surface area contributed by atoms with E-state index in [4.69, 9.17) is 16.3 Å². The molecule has 0 spiro atoms. The minimum Gasteiger partial charge on any atom is -0.447 e. The molecule has 1 aromatic rings. The number of β-lactam (4-membered cyclic amide) rings is 1. The summed E-state index contributed by atoms with van der Waals surface area (Å²) in [4.78, 5) is 59.0. The highest BCUT2D eigenvalue weighted by Gasteiger charge is 2.54. The number of rotatable bonds is 9. The van der Waals surface area contributed by atoms with Gasteiger partial charge in [-0.25, -0.2) is 14.1 Å². The fraction of sp³-hybridized carbons (Fsp3) is 0.529. The zero-order chi connectivity index (χ0) is 25.8. The van der Waals surface area contributed by atoms with Gasteiger partial charge < -0.3 is 31.3 Å². The third kappa shape index (κ3) is 6.34. The van der Waals surface area contributed by atoms with Crippen molar-refractivity contribution >= 4 is 56.3 Å². The lowest BCUT2D eigenvalue weighted by molar-refractivity contribution is -0.146. The number of nitrogens with two attached hydrogens (primary N) is 2. The van der Waals surface area contributed by atoms with Gasteiger partial charge >= 0.3 is 16.4 Å². The van der Waals surface area contributed by atoms with Gasteiger partial charge in [-0.15, -0.1) is 11.3 Å². The molecule has 35 heavy (non-hydrogen) atoms. The zero-order valence-corrected chi connectivity index (χ0v) is 19.8. The Morgan fingerprint density at radius 3 is 2.54 bits per heavy atom. The van der Waals surface area contributed by atoms with E-state index in [9.17, 15) is 32.1 Å². The first kappa shape index (κ1) is 26.1. The molecule has 18 heteroatoms. The Balaban J connectivity index is 1.74. The van der Waals surface area contributed by atoms with Crippen LogP contribution >= 0.6 is 11.3 Å². The molecule has 0 aliphatic carbocycles. The summed E-state index contributed by atoms with van der Waals surface area (Å²) >= 11 is 0.984. The van der Waals surface area contributed by atoms with Crippen molar-refractivity contribution in [2.24, 2.45) is 10.9 Å². The third-order valence-corrected chi connectivity index (χ3v) is 6.75. The molecule has 3 rings (SSSR count). The van der Waals surface area contributed by atoms with Gasteiger partial charge in [-0.05, 0) is 19.3 Å². The minimum atomic E-state index is -5.01. The van der Waals surface area contributed by atoms with Gasteiger partial charge in [0, 0.05) is 18.5 Å². The number of primary amides is 1. The quantitative estimate of drug-likeness (QED) is 0.118. The molecule has 2 saturated heterocycles. The molecule has 2 aliphatic heterocycles. The largest absolute Gasteiger partial charge is 0.447 e. The van der Waals surface area contributed by atoms with Gasteiger partial charge in [0.2, 0.25) is 0 Å². The lowest BCUT2D eigenvalue weighted by Crippen LogP contribution is -2.73. The number of carbonyl (C=O) groups is 4. The van der Waals surface area contributed by atoms with Crippen molar-refractivity contribution in [3.05, 3.63) is 11.1 Å². The second-order valence-electron chi connectivity index (χ2n) is 7.49. The van der Waals surface area contributed by atoms with E-state index in [0.29, 0.717) is 13.1 Å². The number of carbonyl (C=O) groups excluding carboxylic acids is 4. The molecular weight excluding hydrogens is 510 g/mol. The molecule has 2 aliphatic rings. The molecule has 2 unspecified atom stereocenters. The van der Waals surface area contributed by atoms with Gasteiger partial charge in [-0.3, -0.25) is 18.9 Å². The fourth-order valence-electron chi connectivity index (χ4n) is 3.49. The number of ether oxygens (including phenoxy) is 1. The van der Waals surface area contributed by atoms with Crippen LogP contribution in [0, 0.1) is 0 Å². The highest BCUT2D eigenvalue weighted by atomic mass is 32.2. The number of amides is 4. The molecule has 0 aromatic carbocycles. The second-order valence-corrected chi connectivity index (χ2v) is 9.66. The molecule has 16 nitrogen and oxygen atoms in total. The van der Waals surface area contributed by atoms with Crippen molar-refractivity contribution in [1.82, 2.24) is 19.5 Å². The summed E-state index contributed by atoms with van der Waals surface area (Å²) in [6, 6.07) is -3.00. The normalized spacial score (nSPS) is 20.7. The number of oxime groups is 1. The molecular formula is C17H23N7O9S2. The maximum Gasteiger partial charge on any atom is 0.404 e. The Morgan fingerprint density at radius 2 is 1.97 bits per heavy atom. The lowest BCUT2D eigenvalue weighted by atomic mass is 9.99. The van der Waals surface area contributed by atoms with Crippen LogP contribution in [0.2, 0.25) is 0 Å². The van der Waals surface area contributed by atoms with Crippen LogP contribution in [0.15, 0.2) is 10.5 Å². The number of aromatic nitrogens is 1. The summed E-state index contributed by atoms with van der Waals surface area (Å²) in [6.07, 6.45) is 1.50. The molecule has 1 aromatic heterocycles. The maximum atomic E-state index is 12.9. The highest BCUT2D eigenvalue weighted by molar-refractivity contribution is 7.84. The van der Waals surface area contributed by atoms with Gasteiger partial charge in [0.1, 0.15) is 24.4 Å². The number of thiazole rings is 1. The summed E-state index contributed by atoms with van der Waals surface area (Å²) in [6.45, 7) is -0.0114. The van der Waals surface area contributed by atoms with Crippen molar-refractivity contribution in [2.75, 3.05) is 32.0 Å². The molecule has 2 atom stereocenters. The molecule has 0 radical (unpaired) electrons. The minimum absolute atomic E-state index is 0.0289. The predicted molar refractivity (Wildman–Crippen MR) is 119 cm³/mol. The van der Waals surface area contributed by atoms with E-state index in [1.807, 2.05) is 0 Å². The summed E-state index contributed by atoms with van der Waals surface area (Å²) < 4.78 is 36.8. The van der Waals surface area contributed by atoms with Crippen LogP contribution in [-0.4, -0.2) is 95.1 Å². The summed E-state index contributed by atoms with van der Waals surface area (Å²) in [5.41, 5.74) is 10.0. The van der Waals surface area contributed by atoms with E-state index in [1.165, 1.54) is 5.38 Å². The molecule has 3 heterocycles. The Labute approximate surface area is 203 Å². The first-order chi connectivity index (χ1) is 16.5. The summed E-state index contributed by atoms with van der Waals surface area (Å²) in [7, 11) is -5.01. The average molecular weight is 534 g/mol. The van der Waals surface area contributed by atoms with E-state index in [-0.39, 0.29) is 21.0 Å². The second kappa shape index (κ2) is 10.8. The molecule has 4 amide bonds. The number of nitrogens with zero attached hydrogens (tertiary/aromatic N) is 4. The number of hydrogen-bond donors (Lipinski definition) is 4. The number of hydrogen-bond acceptors (Lipinski definition) is 12. The van der Waals surface area contributed by atoms with E-state index in [2.05, 4.69) is 20.2 Å². The molecule has 2 fully saturated rings. The first-order valence-corrected chi connectivity index (χ1v) is 12.5. The lowest BCUT2D eigenvalue weighted by Gasteiger charge is -2.43. The van der Waals surface area contributed by atoms with E-state index in [1.54, 1.807) is 4.90 Å². The Bertz CT molecular complexity index is 1130. The van der Waals surface area contributed by atoms with Gasteiger partial charge in [-0.2, -0.15) is 8.42 Å². The van der Waals surface area contributed by atoms with Crippen LogP contribution in [0.3, 0.4) is 0 Å². The Morgan fingerprint density at radius 1 is 1.29 bits per heavy atom. The number of likely N-dealkylation sites (tertiary alicyclic amines) is 1. The smallest absolute Gasteiger partial charge is 0.404 e. The van der Waals surface area contributed by atoms with Crippen molar-refractivity contribution in [2.45, 2.75) is 31.3 Å². The van der Waals surface area contributed by atoms with Crippen LogP contribution in [0.1, 0.15) is 25.0 Å². The monoisotopic (exact) mass is 533 g/mol. The van der Waals surface area contributed by atoms with Gasteiger partial charge in [-0.1, -0.05) is 5.16 Å². The predicted octanol–water partition coefficient (Wildman–Crippen LogP) is -1.95. The molecule has 0 saturated carbocycles. The van der Waals surface area contributed by atoms with E-state index in [0.717, 1.165) is 30.6 Å². The number of anilines is 1. The van der Waals surface area contributed by atoms with Gasteiger partial charge in [0.05, 0.1) is 0 Å². The van der Waals surface area contributed by atoms with Crippen molar-refractivity contribution < 1.29 is 41.7 Å². The van der Waals surface area contributed by atoms with Gasteiger partial charge in [0.25, 0.3) is 17.7 Å². The zero-order valence-electron chi connectivity index (χ0n) is 18.2. The standard InChI is InChI=1S/C17H23N7O9S2/c18-16-20-9(8-34-16)12(22-33-7-11(25)23-4-2-1-3-5-23)14(26)21-13-10(6-32-17(19)28)24(15(13)27)35(29,30)31/h8,10,13H,1-7H2,(H2,18,20)(H2,19,28)(H,21,26)(H,29,30,31). The maximum absolute atomic E-state index is 12.9. The van der Waals surface area contributed by atoms with Crippen LogP contribution < -0.4 is 16.8 Å². The molecule has 192 valence electrons. The number of nitrogens with one attached hydrogen (secondary N) is 1. The topological polar surface area (TPSA) is 237 Å². The van der Waals surface area contributed by atoms with Crippen LogP contribution in [-0.2, 0) is 34.3 Å². The highest BCUT2D eigenvalue weighted by Crippen LogP contribution is 2.24. The Kier molecular flexibility index (Phi) is 8.07. The third-order valence-electron chi connectivity index (χ3n) is 5.13. The average Bonchev–Trinajstić information content (AvgIpc) is 3.22. The number of piperidine rings is 1. The van der Waals surface area contributed by atoms with E-state index >= 15 is 0 Å². The van der Waals surface area contributed by atoms with Crippen molar-refractivity contribution in [3.63, 3.8) is 0 Å². The number of nitrogen functional groups attached to an aromatic ring is 1. The SMILES string of the molecule is NC(=O)OCC1C(NC(=O)C(=NOCC(=O)N2CCCCC2)c2csc(N)n2)C(=O)N1S(=O)(=O)O. The van der Waals surface area contributed by atoms with Gasteiger partial charge in [0.15, 0.2) is 17.5 Å². The van der Waals surface area contributed by atoms with E-state index < -0.39 is 59.2 Å². The van der Waals surface area contributed by atoms with Crippen molar-refractivity contribution in [1.29, 1.82) is 0 Å². The van der Waals surface area contributed by atoms with Crippen LogP contribution in [0.4, 0.5) is 9.93 Å². The summed E-state index contributed by atoms with van der Waals surface area (Å²) in [5.74, 6) is -2.55. The molecule has 0 bridgehead atoms. The van der Waals surface area contributed by atoms with Crippen LogP contribution in [0.5, 0.6) is 0 Å². The fourth-order valence-corrected chi connectivity index (χ4v) is 4.90. The molecule has 6 N–H and O–H groups in total. The van der Waals surface area contributed by atoms with Crippen LogP contribution in [0.25, 0.3) is 0 Å². The Hall–Kier alpha value is -3.51. The first-order valence-electron chi connectivity index (χ1n) is 10.2.